The normalized spacial score (nSPS) is 19.4. The van der Waals surface area contributed by atoms with Crippen LogP contribution >= 0.6 is 11.3 Å². The van der Waals surface area contributed by atoms with Gasteiger partial charge in [-0.3, -0.25) is 9.78 Å². The third kappa shape index (κ3) is 4.47. The van der Waals surface area contributed by atoms with Crippen molar-refractivity contribution >= 4 is 33.3 Å². The molecule has 1 amide bonds. The van der Waals surface area contributed by atoms with Crippen molar-refractivity contribution in [3.05, 3.63) is 70.4 Å². The molecular formula is C28H29N5O2S. The Labute approximate surface area is 214 Å². The van der Waals surface area contributed by atoms with E-state index in [9.17, 15) is 4.79 Å². The first-order valence-electron chi connectivity index (χ1n) is 12.6. The molecular weight excluding hydrogens is 470 g/mol. The van der Waals surface area contributed by atoms with Crippen LogP contribution in [0.25, 0.3) is 21.6 Å². The Hall–Kier alpha value is -3.36. The van der Waals surface area contributed by atoms with Crippen molar-refractivity contribution in [1.29, 1.82) is 0 Å². The average Bonchev–Trinajstić information content (AvgIpc) is 3.48. The standard InChI is InChI=1S/C28H29N5O2S/c1-17-15-33(16-18(2)35-17)28(34)20-10-8-19(9-11-20)13-30-26-24-22-6-3-7-23(22)36-27(24)32-25(31-26)21-5-4-12-29-14-21/h4-5,8-12,14,17-18H,3,6-7,13,15-16H2,1-2H3,(H,30,31,32). The van der Waals surface area contributed by atoms with Crippen LogP contribution in [0.4, 0.5) is 5.82 Å². The summed E-state index contributed by atoms with van der Waals surface area (Å²) in [5.41, 5.74) is 4.10. The van der Waals surface area contributed by atoms with Crippen molar-refractivity contribution in [2.75, 3.05) is 18.4 Å². The topological polar surface area (TPSA) is 80.2 Å². The number of aryl methyl sites for hydroxylation is 2. The second-order valence-corrected chi connectivity index (χ2v) is 10.8. The van der Waals surface area contributed by atoms with Crippen LogP contribution in [0.1, 0.15) is 46.6 Å². The molecule has 2 aliphatic rings. The van der Waals surface area contributed by atoms with E-state index in [1.165, 1.54) is 16.9 Å². The number of hydrogen-bond donors (Lipinski definition) is 1. The Bertz CT molecular complexity index is 1390. The highest BCUT2D eigenvalue weighted by Gasteiger charge is 2.27. The molecule has 8 heteroatoms. The maximum atomic E-state index is 13.0. The number of fused-ring (bicyclic) bond motifs is 3. The maximum Gasteiger partial charge on any atom is 0.254 e. The van der Waals surface area contributed by atoms with E-state index >= 15 is 0 Å². The molecule has 6 rings (SSSR count). The van der Waals surface area contributed by atoms with E-state index in [0.717, 1.165) is 40.0 Å². The fourth-order valence-corrected chi connectivity index (χ4v) is 6.49. The van der Waals surface area contributed by atoms with Crippen LogP contribution in [-0.2, 0) is 24.1 Å². The minimum atomic E-state index is 0.0565. The summed E-state index contributed by atoms with van der Waals surface area (Å²) in [6.45, 7) is 5.89. The SMILES string of the molecule is CC1CN(C(=O)c2ccc(CNc3nc(-c4cccnc4)nc4sc5c(c34)CCC5)cc2)CC(C)O1. The number of nitrogens with one attached hydrogen (secondary N) is 1. The summed E-state index contributed by atoms with van der Waals surface area (Å²) in [5.74, 6) is 1.62. The molecule has 1 aromatic carbocycles. The molecule has 4 heterocycles. The van der Waals surface area contributed by atoms with Crippen LogP contribution in [0.3, 0.4) is 0 Å². The third-order valence-electron chi connectivity index (χ3n) is 6.85. The van der Waals surface area contributed by atoms with Gasteiger partial charge in [-0.25, -0.2) is 9.97 Å². The van der Waals surface area contributed by atoms with Crippen molar-refractivity contribution in [3.8, 4) is 11.4 Å². The van der Waals surface area contributed by atoms with Crippen LogP contribution < -0.4 is 5.32 Å². The number of carbonyl (C=O) groups excluding carboxylic acids is 1. The summed E-state index contributed by atoms with van der Waals surface area (Å²) >= 11 is 1.79. The molecule has 1 aliphatic heterocycles. The van der Waals surface area contributed by atoms with E-state index in [1.54, 1.807) is 23.7 Å². The van der Waals surface area contributed by atoms with Crippen LogP contribution in [0, 0.1) is 0 Å². The Morgan fingerprint density at radius 1 is 1.11 bits per heavy atom. The number of pyridine rings is 1. The van der Waals surface area contributed by atoms with E-state index in [4.69, 9.17) is 14.7 Å². The van der Waals surface area contributed by atoms with Crippen molar-refractivity contribution in [1.82, 2.24) is 19.9 Å². The minimum Gasteiger partial charge on any atom is -0.372 e. The van der Waals surface area contributed by atoms with Crippen LogP contribution in [0.2, 0.25) is 0 Å². The predicted octanol–water partition coefficient (Wildman–Crippen LogP) is 5.10. The van der Waals surface area contributed by atoms with Crippen LogP contribution in [-0.4, -0.2) is 51.1 Å². The molecule has 0 bridgehead atoms. The van der Waals surface area contributed by atoms with Crippen molar-refractivity contribution in [3.63, 3.8) is 0 Å². The number of thiophene rings is 1. The number of carbonyl (C=O) groups is 1. The lowest BCUT2D eigenvalue weighted by atomic mass is 10.1. The quantitative estimate of drug-likeness (QED) is 0.411. The second kappa shape index (κ2) is 9.59. The molecule has 1 saturated heterocycles. The largest absolute Gasteiger partial charge is 0.372 e. The highest BCUT2D eigenvalue weighted by atomic mass is 32.1. The summed E-state index contributed by atoms with van der Waals surface area (Å²) in [5, 5.41) is 4.73. The molecule has 1 fully saturated rings. The smallest absolute Gasteiger partial charge is 0.254 e. The Balaban J connectivity index is 1.24. The fraction of sp³-hybridized carbons (Fsp3) is 0.357. The highest BCUT2D eigenvalue weighted by Crippen LogP contribution is 2.40. The maximum absolute atomic E-state index is 13.0. The van der Waals surface area contributed by atoms with Crippen molar-refractivity contribution in [2.24, 2.45) is 0 Å². The van der Waals surface area contributed by atoms with Gasteiger partial charge in [0.05, 0.1) is 17.6 Å². The lowest BCUT2D eigenvalue weighted by Crippen LogP contribution is -2.48. The zero-order chi connectivity index (χ0) is 24.6. The lowest BCUT2D eigenvalue weighted by molar-refractivity contribution is -0.0586. The number of aromatic nitrogens is 3. The highest BCUT2D eigenvalue weighted by molar-refractivity contribution is 7.19. The predicted molar refractivity (Wildman–Crippen MR) is 142 cm³/mol. The Morgan fingerprint density at radius 2 is 1.92 bits per heavy atom. The van der Waals surface area contributed by atoms with Gasteiger partial charge in [-0.1, -0.05) is 12.1 Å². The van der Waals surface area contributed by atoms with Gasteiger partial charge < -0.3 is 15.0 Å². The molecule has 2 atom stereocenters. The van der Waals surface area contributed by atoms with Gasteiger partial charge in [0.1, 0.15) is 10.6 Å². The van der Waals surface area contributed by atoms with Crippen molar-refractivity contribution in [2.45, 2.75) is 51.9 Å². The van der Waals surface area contributed by atoms with E-state index in [0.29, 0.717) is 31.0 Å². The number of rotatable bonds is 5. The zero-order valence-corrected chi connectivity index (χ0v) is 21.3. The second-order valence-electron chi connectivity index (χ2n) is 9.69. The molecule has 0 saturated carbocycles. The molecule has 4 aromatic rings. The fourth-order valence-electron chi connectivity index (χ4n) is 5.23. The van der Waals surface area contributed by atoms with E-state index < -0.39 is 0 Å². The number of amides is 1. The van der Waals surface area contributed by atoms with Crippen molar-refractivity contribution < 1.29 is 9.53 Å². The summed E-state index contributed by atoms with van der Waals surface area (Å²) in [6.07, 6.45) is 7.07. The third-order valence-corrected chi connectivity index (χ3v) is 8.04. The summed E-state index contributed by atoms with van der Waals surface area (Å²) in [6, 6.07) is 11.8. The van der Waals surface area contributed by atoms with E-state index in [-0.39, 0.29) is 18.1 Å². The molecule has 0 radical (unpaired) electrons. The molecule has 7 nitrogen and oxygen atoms in total. The zero-order valence-electron chi connectivity index (χ0n) is 20.5. The molecule has 1 aliphatic carbocycles. The van der Waals surface area contributed by atoms with Crippen LogP contribution in [0.5, 0.6) is 0 Å². The van der Waals surface area contributed by atoms with Gasteiger partial charge in [-0.15, -0.1) is 11.3 Å². The number of hydrogen-bond acceptors (Lipinski definition) is 7. The molecule has 184 valence electrons. The first kappa shape index (κ1) is 23.1. The van der Waals surface area contributed by atoms with Gasteiger partial charge >= 0.3 is 0 Å². The van der Waals surface area contributed by atoms with Gasteiger partial charge in [0.25, 0.3) is 5.91 Å². The molecule has 36 heavy (non-hydrogen) atoms. The Kier molecular flexibility index (Phi) is 6.15. The molecule has 0 spiro atoms. The Morgan fingerprint density at radius 3 is 2.67 bits per heavy atom. The number of benzene rings is 1. The summed E-state index contributed by atoms with van der Waals surface area (Å²) in [7, 11) is 0. The molecule has 2 unspecified atom stereocenters. The molecule has 1 N–H and O–H groups in total. The van der Waals surface area contributed by atoms with Gasteiger partial charge in [0.15, 0.2) is 5.82 Å². The minimum absolute atomic E-state index is 0.0565. The van der Waals surface area contributed by atoms with E-state index in [2.05, 4.69) is 10.3 Å². The number of ether oxygens (including phenoxy) is 1. The first-order chi connectivity index (χ1) is 17.5. The summed E-state index contributed by atoms with van der Waals surface area (Å²) < 4.78 is 5.77. The number of anilines is 1. The number of nitrogens with zero attached hydrogens (tertiary/aromatic N) is 4. The van der Waals surface area contributed by atoms with Gasteiger partial charge in [-0.2, -0.15) is 0 Å². The number of morpholine rings is 1. The summed E-state index contributed by atoms with van der Waals surface area (Å²) in [4.78, 5) is 31.4. The van der Waals surface area contributed by atoms with Crippen LogP contribution in [0.15, 0.2) is 48.8 Å². The monoisotopic (exact) mass is 499 g/mol. The first-order valence-corrected chi connectivity index (χ1v) is 13.4. The van der Waals surface area contributed by atoms with Gasteiger partial charge in [-0.05, 0) is 68.5 Å². The van der Waals surface area contributed by atoms with Gasteiger partial charge in [0.2, 0.25) is 0 Å². The lowest BCUT2D eigenvalue weighted by Gasteiger charge is -2.35. The van der Waals surface area contributed by atoms with Gasteiger partial charge in [0, 0.05) is 48.0 Å². The molecule has 3 aromatic heterocycles. The van der Waals surface area contributed by atoms with E-state index in [1.807, 2.05) is 55.1 Å². The average molecular weight is 500 g/mol.